The van der Waals surface area contributed by atoms with Crippen LogP contribution >= 0.6 is 0 Å². The first kappa shape index (κ1) is 25.1. The van der Waals surface area contributed by atoms with Crippen molar-refractivity contribution in [2.24, 2.45) is 0 Å². The number of aromatic nitrogens is 2. The first-order valence-corrected chi connectivity index (χ1v) is 12.2. The van der Waals surface area contributed by atoms with E-state index in [2.05, 4.69) is 11.5 Å². The minimum absolute atomic E-state index is 0.138. The molecule has 0 unspecified atom stereocenters. The summed E-state index contributed by atoms with van der Waals surface area (Å²) in [5.74, 6) is 0.578. The van der Waals surface area contributed by atoms with Crippen molar-refractivity contribution in [2.45, 2.75) is 51.4 Å². The van der Waals surface area contributed by atoms with Gasteiger partial charge in [-0.1, -0.05) is 30.3 Å². The van der Waals surface area contributed by atoms with E-state index in [1.165, 1.54) is 12.1 Å². The lowest BCUT2D eigenvalue weighted by Gasteiger charge is -2.27. The van der Waals surface area contributed by atoms with Crippen molar-refractivity contribution < 1.29 is 19.0 Å². The minimum atomic E-state index is -0.480. The summed E-state index contributed by atoms with van der Waals surface area (Å²) in [4.78, 5) is 2.21. The summed E-state index contributed by atoms with van der Waals surface area (Å²) in [7, 11) is 0. The van der Waals surface area contributed by atoms with Crippen molar-refractivity contribution in [3.63, 3.8) is 0 Å². The topological polar surface area (TPSA) is 59.8 Å². The van der Waals surface area contributed by atoms with Gasteiger partial charge in [0, 0.05) is 32.3 Å². The molecule has 3 aromatic rings. The molecule has 1 saturated heterocycles. The number of aliphatic hydroxyl groups is 1. The highest BCUT2D eigenvalue weighted by Crippen LogP contribution is 2.32. The number of aryl methyl sites for hydroxylation is 1. The van der Waals surface area contributed by atoms with Crippen molar-refractivity contribution in [1.29, 1.82) is 0 Å². The molecule has 2 heterocycles. The number of hydrogen-bond acceptors (Lipinski definition) is 5. The Kier molecular flexibility index (Phi) is 8.69. The number of aliphatic hydroxyl groups excluding tert-OH is 1. The van der Waals surface area contributed by atoms with Crippen molar-refractivity contribution in [3.05, 3.63) is 84.3 Å². The van der Waals surface area contributed by atoms with Crippen LogP contribution in [0.25, 0.3) is 5.69 Å². The van der Waals surface area contributed by atoms with Crippen LogP contribution < -0.4 is 4.74 Å². The summed E-state index contributed by atoms with van der Waals surface area (Å²) >= 11 is 0. The summed E-state index contributed by atoms with van der Waals surface area (Å²) in [5, 5.41) is 15.4. The van der Waals surface area contributed by atoms with Crippen LogP contribution in [0.4, 0.5) is 4.39 Å². The maximum absolute atomic E-state index is 13.9. The Morgan fingerprint density at radius 1 is 1.29 bits per heavy atom. The molecule has 0 bridgehead atoms. The van der Waals surface area contributed by atoms with E-state index < -0.39 is 6.10 Å². The fourth-order valence-corrected chi connectivity index (χ4v) is 4.41. The summed E-state index contributed by atoms with van der Waals surface area (Å²) < 4.78 is 27.8. The second kappa shape index (κ2) is 12.1. The molecule has 1 aromatic heterocycles. The monoisotopic (exact) mass is 479 g/mol. The zero-order chi connectivity index (χ0) is 24.6. The first-order valence-electron chi connectivity index (χ1n) is 12.2. The maximum Gasteiger partial charge on any atom is 0.227 e. The second-order valence-corrected chi connectivity index (χ2v) is 9.02. The third-order valence-corrected chi connectivity index (χ3v) is 6.19. The van der Waals surface area contributed by atoms with Crippen molar-refractivity contribution >= 4 is 0 Å². The third-order valence-electron chi connectivity index (χ3n) is 6.19. The highest BCUT2D eigenvalue weighted by atomic mass is 19.1. The van der Waals surface area contributed by atoms with Gasteiger partial charge in [-0.15, -0.1) is 6.58 Å². The largest absolute Gasteiger partial charge is 0.438 e. The fourth-order valence-electron chi connectivity index (χ4n) is 4.41. The van der Waals surface area contributed by atoms with Crippen LogP contribution in [0.5, 0.6) is 11.6 Å². The Morgan fingerprint density at radius 2 is 2.11 bits per heavy atom. The number of halogens is 1. The number of allylic oxidation sites excluding steroid dienone is 1. The molecule has 2 atom stereocenters. The molecule has 1 N–H and O–H groups in total. The van der Waals surface area contributed by atoms with Crippen LogP contribution in [-0.2, 0) is 11.3 Å². The van der Waals surface area contributed by atoms with Crippen LogP contribution in [0.2, 0.25) is 0 Å². The SMILES string of the molecule is C=CCC[C@@H](O)CN(Cc1c(C)nn(-c2ccccc2)c1Oc1cccc(F)c1)C[C@H]1CCCO1. The summed E-state index contributed by atoms with van der Waals surface area (Å²) in [6.07, 6.45) is 4.95. The number of nitrogens with zero attached hydrogens (tertiary/aromatic N) is 3. The predicted molar refractivity (Wildman–Crippen MR) is 134 cm³/mol. The molecule has 0 radical (unpaired) electrons. The number of rotatable bonds is 12. The van der Waals surface area contributed by atoms with E-state index >= 15 is 0 Å². The second-order valence-electron chi connectivity index (χ2n) is 9.02. The van der Waals surface area contributed by atoms with E-state index in [0.717, 1.165) is 42.8 Å². The quantitative estimate of drug-likeness (QED) is 0.352. The van der Waals surface area contributed by atoms with Gasteiger partial charge < -0.3 is 14.6 Å². The van der Waals surface area contributed by atoms with Gasteiger partial charge in [0.15, 0.2) is 0 Å². The van der Waals surface area contributed by atoms with Gasteiger partial charge in [-0.2, -0.15) is 5.10 Å². The normalized spacial score (nSPS) is 16.5. The number of hydrogen-bond donors (Lipinski definition) is 1. The molecule has 1 aliphatic heterocycles. The van der Waals surface area contributed by atoms with Gasteiger partial charge in [0.05, 0.1) is 29.2 Å². The Balaban J connectivity index is 1.66. The van der Waals surface area contributed by atoms with E-state index in [0.29, 0.717) is 37.7 Å². The molecule has 35 heavy (non-hydrogen) atoms. The van der Waals surface area contributed by atoms with Gasteiger partial charge >= 0.3 is 0 Å². The Labute approximate surface area is 206 Å². The molecular weight excluding hydrogens is 445 g/mol. The number of ether oxygens (including phenoxy) is 2. The molecule has 6 nitrogen and oxygen atoms in total. The lowest BCUT2D eigenvalue weighted by molar-refractivity contribution is 0.0442. The highest BCUT2D eigenvalue weighted by Gasteiger charge is 2.26. The van der Waals surface area contributed by atoms with Crippen molar-refractivity contribution in [1.82, 2.24) is 14.7 Å². The van der Waals surface area contributed by atoms with E-state index in [-0.39, 0.29) is 11.9 Å². The third kappa shape index (κ3) is 6.78. The molecule has 1 aliphatic rings. The van der Waals surface area contributed by atoms with Gasteiger partial charge in [0.1, 0.15) is 11.6 Å². The van der Waals surface area contributed by atoms with Gasteiger partial charge in [-0.3, -0.25) is 4.90 Å². The van der Waals surface area contributed by atoms with Crippen LogP contribution in [0.3, 0.4) is 0 Å². The van der Waals surface area contributed by atoms with Crippen LogP contribution in [-0.4, -0.2) is 51.7 Å². The molecule has 2 aromatic carbocycles. The number of para-hydroxylation sites is 1. The number of benzene rings is 2. The molecule has 7 heteroatoms. The van der Waals surface area contributed by atoms with E-state index in [1.807, 2.05) is 43.3 Å². The molecule has 0 amide bonds. The van der Waals surface area contributed by atoms with Gasteiger partial charge in [-0.05, 0) is 56.9 Å². The lowest BCUT2D eigenvalue weighted by atomic mass is 10.1. The van der Waals surface area contributed by atoms with Crippen LogP contribution in [0.1, 0.15) is 36.9 Å². The maximum atomic E-state index is 13.9. The Bertz CT molecular complexity index is 1100. The minimum Gasteiger partial charge on any atom is -0.438 e. The zero-order valence-electron chi connectivity index (χ0n) is 20.3. The summed E-state index contributed by atoms with van der Waals surface area (Å²) in [6, 6.07) is 15.9. The lowest BCUT2D eigenvalue weighted by Crippen LogP contribution is -2.37. The standard InChI is InChI=1S/C28H34FN3O3/c1-3-4-13-24(33)18-31(19-26-15-9-16-34-26)20-27-21(2)30-32(23-11-6-5-7-12-23)28(27)35-25-14-8-10-22(29)17-25/h3,5-8,10-12,14,17,24,26,33H,1,4,9,13,15-16,18-20H2,2H3/t24-,26-/m1/s1. The van der Waals surface area contributed by atoms with Gasteiger partial charge in [0.25, 0.3) is 0 Å². The summed E-state index contributed by atoms with van der Waals surface area (Å²) in [5.41, 5.74) is 2.56. The fraction of sp³-hybridized carbons (Fsp3) is 0.393. The van der Waals surface area contributed by atoms with Crippen molar-refractivity contribution in [2.75, 3.05) is 19.7 Å². The molecular formula is C28H34FN3O3. The summed E-state index contributed by atoms with van der Waals surface area (Å²) in [6.45, 7) is 8.22. The highest BCUT2D eigenvalue weighted by molar-refractivity contribution is 5.43. The molecule has 0 spiro atoms. The van der Waals surface area contributed by atoms with E-state index in [4.69, 9.17) is 14.6 Å². The average Bonchev–Trinajstić information content (AvgIpc) is 3.47. The van der Waals surface area contributed by atoms with E-state index in [9.17, 15) is 9.50 Å². The van der Waals surface area contributed by atoms with Crippen LogP contribution in [0, 0.1) is 12.7 Å². The van der Waals surface area contributed by atoms with Crippen molar-refractivity contribution in [3.8, 4) is 17.3 Å². The van der Waals surface area contributed by atoms with Gasteiger partial charge in [0.2, 0.25) is 5.88 Å². The molecule has 0 aliphatic carbocycles. The zero-order valence-corrected chi connectivity index (χ0v) is 20.3. The first-order chi connectivity index (χ1) is 17.0. The predicted octanol–water partition coefficient (Wildman–Crippen LogP) is 5.42. The molecule has 186 valence electrons. The van der Waals surface area contributed by atoms with Gasteiger partial charge in [-0.25, -0.2) is 9.07 Å². The molecule has 4 rings (SSSR count). The molecule has 0 saturated carbocycles. The van der Waals surface area contributed by atoms with Crippen LogP contribution in [0.15, 0.2) is 67.3 Å². The Hall–Kier alpha value is -3.00. The average molecular weight is 480 g/mol. The Morgan fingerprint density at radius 3 is 2.83 bits per heavy atom. The van der Waals surface area contributed by atoms with E-state index in [1.54, 1.807) is 16.8 Å². The molecule has 1 fully saturated rings. The smallest absolute Gasteiger partial charge is 0.227 e.